The Morgan fingerprint density at radius 1 is 1.08 bits per heavy atom. The van der Waals surface area contributed by atoms with Crippen LogP contribution in [0, 0.1) is 0 Å². The van der Waals surface area contributed by atoms with Crippen LogP contribution in [0.1, 0.15) is 40.4 Å². The van der Waals surface area contributed by atoms with Crippen LogP contribution in [-0.2, 0) is 16.3 Å². The maximum atomic E-state index is 12.5. The van der Waals surface area contributed by atoms with Gasteiger partial charge in [0, 0.05) is 5.56 Å². The monoisotopic (exact) mass is 365 g/mol. The normalized spacial score (nSPS) is 17.2. The SMILES string of the molecule is O=C(N[C@H]1CCCc2ccccc21)c1ccc(S(=O)(=O)C(F)F)cc1. The molecule has 1 atom stereocenters. The van der Waals surface area contributed by atoms with Gasteiger partial charge in [0.2, 0.25) is 9.84 Å². The zero-order valence-electron chi connectivity index (χ0n) is 13.3. The van der Waals surface area contributed by atoms with Crippen LogP contribution >= 0.6 is 0 Å². The molecule has 1 N–H and O–H groups in total. The van der Waals surface area contributed by atoms with Crippen LogP contribution in [-0.4, -0.2) is 20.1 Å². The summed E-state index contributed by atoms with van der Waals surface area (Å²) < 4.78 is 47.9. The highest BCUT2D eigenvalue weighted by molar-refractivity contribution is 7.91. The van der Waals surface area contributed by atoms with Gasteiger partial charge in [0.1, 0.15) is 0 Å². The first-order valence-electron chi connectivity index (χ1n) is 7.90. The summed E-state index contributed by atoms with van der Waals surface area (Å²) in [4.78, 5) is 11.9. The van der Waals surface area contributed by atoms with Crippen molar-refractivity contribution in [2.45, 2.75) is 36.0 Å². The summed E-state index contributed by atoms with van der Waals surface area (Å²) in [6, 6.07) is 12.4. The van der Waals surface area contributed by atoms with E-state index in [4.69, 9.17) is 0 Å². The van der Waals surface area contributed by atoms with Crippen molar-refractivity contribution in [3.05, 3.63) is 65.2 Å². The maximum Gasteiger partial charge on any atom is 0.341 e. The average Bonchev–Trinajstić information content (AvgIpc) is 2.62. The molecule has 25 heavy (non-hydrogen) atoms. The topological polar surface area (TPSA) is 63.2 Å². The van der Waals surface area contributed by atoms with Gasteiger partial charge in [-0.25, -0.2) is 8.42 Å². The van der Waals surface area contributed by atoms with Crippen molar-refractivity contribution in [1.29, 1.82) is 0 Å². The van der Waals surface area contributed by atoms with Crippen molar-refractivity contribution in [1.82, 2.24) is 5.32 Å². The number of hydrogen-bond acceptors (Lipinski definition) is 3. The molecule has 0 aliphatic heterocycles. The summed E-state index contributed by atoms with van der Waals surface area (Å²) in [5.74, 6) is -3.84. The number of halogens is 2. The predicted molar refractivity (Wildman–Crippen MR) is 89.2 cm³/mol. The minimum atomic E-state index is -4.65. The van der Waals surface area contributed by atoms with Crippen LogP contribution in [0.25, 0.3) is 0 Å². The van der Waals surface area contributed by atoms with E-state index in [2.05, 4.69) is 5.32 Å². The van der Waals surface area contributed by atoms with E-state index < -0.39 is 20.5 Å². The maximum absolute atomic E-state index is 12.5. The number of alkyl halides is 2. The van der Waals surface area contributed by atoms with Gasteiger partial charge < -0.3 is 5.32 Å². The zero-order chi connectivity index (χ0) is 18.0. The van der Waals surface area contributed by atoms with E-state index in [9.17, 15) is 22.0 Å². The lowest BCUT2D eigenvalue weighted by molar-refractivity contribution is 0.0932. The van der Waals surface area contributed by atoms with Crippen LogP contribution in [0.5, 0.6) is 0 Å². The number of benzene rings is 2. The summed E-state index contributed by atoms with van der Waals surface area (Å²) in [5.41, 5.74) is 2.52. The van der Waals surface area contributed by atoms with E-state index in [1.165, 1.54) is 17.7 Å². The molecular weight excluding hydrogens is 348 g/mol. The largest absolute Gasteiger partial charge is 0.345 e. The third-order valence-electron chi connectivity index (χ3n) is 4.35. The molecule has 0 spiro atoms. The fourth-order valence-electron chi connectivity index (χ4n) is 3.04. The Kier molecular flexibility index (Phi) is 4.85. The van der Waals surface area contributed by atoms with Crippen molar-refractivity contribution >= 4 is 15.7 Å². The molecule has 2 aromatic rings. The minimum absolute atomic E-state index is 0.109. The predicted octanol–water partition coefficient (Wildman–Crippen LogP) is 3.49. The second kappa shape index (κ2) is 6.92. The second-order valence-electron chi connectivity index (χ2n) is 5.95. The van der Waals surface area contributed by atoms with E-state index >= 15 is 0 Å². The fourth-order valence-corrected chi connectivity index (χ4v) is 3.77. The van der Waals surface area contributed by atoms with Crippen molar-refractivity contribution in [3.63, 3.8) is 0 Å². The number of amides is 1. The number of carbonyl (C=O) groups is 1. The number of hydrogen-bond donors (Lipinski definition) is 1. The van der Waals surface area contributed by atoms with Crippen LogP contribution < -0.4 is 5.32 Å². The Hall–Kier alpha value is -2.28. The number of aryl methyl sites for hydroxylation is 1. The van der Waals surface area contributed by atoms with Crippen molar-refractivity contribution in [2.24, 2.45) is 0 Å². The first kappa shape index (κ1) is 17.5. The molecule has 2 aromatic carbocycles. The quantitative estimate of drug-likeness (QED) is 0.902. The lowest BCUT2D eigenvalue weighted by Gasteiger charge is -2.26. The number of fused-ring (bicyclic) bond motifs is 1. The van der Waals surface area contributed by atoms with Gasteiger partial charge in [-0.15, -0.1) is 0 Å². The van der Waals surface area contributed by atoms with Crippen LogP contribution in [0.4, 0.5) is 8.78 Å². The summed E-state index contributed by atoms with van der Waals surface area (Å²) >= 11 is 0. The molecule has 0 heterocycles. The molecular formula is C18H17F2NO3S. The van der Waals surface area contributed by atoms with Gasteiger partial charge in [-0.05, 0) is 54.7 Å². The Labute approximate surface area is 144 Å². The zero-order valence-corrected chi connectivity index (χ0v) is 14.1. The van der Waals surface area contributed by atoms with Crippen LogP contribution in [0.15, 0.2) is 53.4 Å². The molecule has 0 saturated heterocycles. The highest BCUT2D eigenvalue weighted by Crippen LogP contribution is 2.29. The molecule has 0 fully saturated rings. The number of sulfone groups is 1. The van der Waals surface area contributed by atoms with E-state index in [1.807, 2.05) is 24.3 Å². The molecule has 0 bridgehead atoms. The van der Waals surface area contributed by atoms with E-state index in [0.717, 1.165) is 37.0 Å². The summed E-state index contributed by atoms with van der Waals surface area (Å²) in [5, 5.41) is 2.94. The Morgan fingerprint density at radius 3 is 2.44 bits per heavy atom. The molecule has 3 rings (SSSR count). The number of nitrogens with one attached hydrogen (secondary N) is 1. The first-order chi connectivity index (χ1) is 11.9. The van der Waals surface area contributed by atoms with Crippen LogP contribution in [0.3, 0.4) is 0 Å². The highest BCUT2D eigenvalue weighted by Gasteiger charge is 2.27. The van der Waals surface area contributed by atoms with Crippen LogP contribution in [0.2, 0.25) is 0 Å². The third-order valence-corrected chi connectivity index (χ3v) is 5.75. The summed E-state index contributed by atoms with van der Waals surface area (Å²) in [7, 11) is -4.65. The number of carbonyl (C=O) groups excluding carboxylic acids is 1. The second-order valence-corrected chi connectivity index (χ2v) is 7.86. The van der Waals surface area contributed by atoms with Gasteiger partial charge in [0.25, 0.3) is 5.91 Å². The molecule has 0 radical (unpaired) electrons. The van der Waals surface area contributed by atoms with Gasteiger partial charge in [0.15, 0.2) is 0 Å². The van der Waals surface area contributed by atoms with Gasteiger partial charge in [0.05, 0.1) is 10.9 Å². The van der Waals surface area contributed by atoms with Crippen molar-refractivity contribution in [2.75, 3.05) is 0 Å². The smallest absolute Gasteiger partial charge is 0.341 e. The van der Waals surface area contributed by atoms with Crippen molar-refractivity contribution in [3.8, 4) is 0 Å². The third kappa shape index (κ3) is 3.56. The summed E-state index contributed by atoms with van der Waals surface area (Å²) in [6.07, 6.45) is 2.76. The Morgan fingerprint density at radius 2 is 1.76 bits per heavy atom. The number of rotatable bonds is 4. The molecule has 1 aliphatic carbocycles. The minimum Gasteiger partial charge on any atom is -0.345 e. The van der Waals surface area contributed by atoms with E-state index in [-0.39, 0.29) is 17.5 Å². The molecule has 0 unspecified atom stereocenters. The molecule has 0 aromatic heterocycles. The van der Waals surface area contributed by atoms with Gasteiger partial charge in [-0.2, -0.15) is 8.78 Å². The Bertz CT molecular complexity index is 879. The molecule has 132 valence electrons. The molecule has 1 aliphatic rings. The Balaban J connectivity index is 1.77. The first-order valence-corrected chi connectivity index (χ1v) is 9.45. The molecule has 1 amide bonds. The van der Waals surface area contributed by atoms with Crippen molar-refractivity contribution < 1.29 is 22.0 Å². The lowest BCUT2D eigenvalue weighted by atomic mass is 9.87. The molecule has 7 heteroatoms. The molecule has 4 nitrogen and oxygen atoms in total. The van der Waals surface area contributed by atoms with Gasteiger partial charge >= 0.3 is 5.76 Å². The lowest BCUT2D eigenvalue weighted by Crippen LogP contribution is -2.31. The standard InChI is InChI=1S/C18H17F2NO3S/c19-18(20)25(23,24)14-10-8-13(9-11-14)17(22)21-16-7-3-5-12-4-1-2-6-15(12)16/h1-2,4,6,8-11,16,18H,3,5,7H2,(H,21,22)/t16-/m0/s1. The van der Waals surface area contributed by atoms with Gasteiger partial charge in [-0.3, -0.25) is 4.79 Å². The average molecular weight is 365 g/mol. The highest BCUT2D eigenvalue weighted by atomic mass is 32.2. The fraction of sp³-hybridized carbons (Fsp3) is 0.278. The molecule has 0 saturated carbocycles. The summed E-state index contributed by atoms with van der Waals surface area (Å²) in [6.45, 7) is 0. The van der Waals surface area contributed by atoms with E-state index in [1.54, 1.807) is 0 Å². The van der Waals surface area contributed by atoms with Gasteiger partial charge in [-0.1, -0.05) is 24.3 Å². The van der Waals surface area contributed by atoms with E-state index in [0.29, 0.717) is 0 Å².